The molecule has 0 aromatic carbocycles. The third-order valence-electron chi connectivity index (χ3n) is 3.20. The zero-order chi connectivity index (χ0) is 14.7. The maximum absolute atomic E-state index is 9.75. The van der Waals surface area contributed by atoms with Gasteiger partial charge in [0.2, 0.25) is 0 Å². The summed E-state index contributed by atoms with van der Waals surface area (Å²) in [6.45, 7) is -1.50. The molecule has 0 aromatic rings. The number of aliphatic hydroxyl groups excluding tert-OH is 8. The van der Waals surface area contributed by atoms with E-state index in [-0.39, 0.29) is 0 Å². The van der Waals surface area contributed by atoms with Crippen LogP contribution in [0.5, 0.6) is 0 Å². The predicted molar refractivity (Wildman–Crippen MR) is 58.9 cm³/mol. The molecule has 1 rings (SSSR count). The van der Waals surface area contributed by atoms with Gasteiger partial charge < -0.3 is 45.6 Å². The number of aliphatic hydroxyl groups is 8. The molecule has 0 aliphatic carbocycles. The summed E-state index contributed by atoms with van der Waals surface area (Å²) in [5.41, 5.74) is 0. The molecule has 0 amide bonds. The molecule has 1 fully saturated rings. The van der Waals surface area contributed by atoms with E-state index >= 15 is 0 Å². The largest absolute Gasteiger partial charge is 0.394 e. The molecule has 0 spiro atoms. The normalized spacial score (nSPS) is 40.7. The van der Waals surface area contributed by atoms with Crippen molar-refractivity contribution in [3.05, 3.63) is 0 Å². The molecule has 0 aromatic heterocycles. The second-order valence-corrected chi connectivity index (χ2v) is 4.52. The van der Waals surface area contributed by atoms with E-state index < -0.39 is 62.0 Å². The summed E-state index contributed by atoms with van der Waals surface area (Å²) < 4.78 is 5.00. The van der Waals surface area contributed by atoms with Crippen molar-refractivity contribution in [3.63, 3.8) is 0 Å². The maximum Gasteiger partial charge on any atom is 0.115 e. The highest BCUT2D eigenvalue weighted by Crippen LogP contribution is 2.25. The van der Waals surface area contributed by atoms with E-state index in [4.69, 9.17) is 14.9 Å². The van der Waals surface area contributed by atoms with Gasteiger partial charge in [0, 0.05) is 0 Å². The topological polar surface area (TPSA) is 171 Å². The minimum absolute atomic E-state index is 0.674. The molecular weight excluding hydrogens is 264 g/mol. The van der Waals surface area contributed by atoms with Crippen molar-refractivity contribution in [2.75, 3.05) is 13.2 Å². The summed E-state index contributed by atoms with van der Waals surface area (Å²) in [7, 11) is 0. The Bertz CT molecular complexity index is 274. The standard InChI is InChI=1S/C10H20O9/c11-1-3(13)5(14)8(17)10-9(18)7(16)6(15)4(2-12)19-10/h3-18H,1-2H2/t3?,4-,5?,6-,7+,8?,9+,10+/m1/s1. The van der Waals surface area contributed by atoms with E-state index in [9.17, 15) is 30.6 Å². The fraction of sp³-hybridized carbons (Fsp3) is 1.00. The monoisotopic (exact) mass is 284 g/mol. The first-order chi connectivity index (χ1) is 8.84. The molecule has 19 heavy (non-hydrogen) atoms. The number of hydrogen-bond donors (Lipinski definition) is 8. The van der Waals surface area contributed by atoms with Crippen LogP contribution < -0.4 is 0 Å². The van der Waals surface area contributed by atoms with E-state index in [2.05, 4.69) is 0 Å². The molecule has 1 aliphatic rings. The van der Waals surface area contributed by atoms with E-state index in [0.29, 0.717) is 0 Å². The van der Waals surface area contributed by atoms with Crippen molar-refractivity contribution in [2.45, 2.75) is 48.8 Å². The van der Waals surface area contributed by atoms with Crippen LogP contribution in [0.4, 0.5) is 0 Å². The van der Waals surface area contributed by atoms with Gasteiger partial charge in [-0.2, -0.15) is 0 Å². The SMILES string of the molecule is OCC(O)C(O)C(O)[C@@H]1O[C@H](CO)[C@@H](O)[C@H](O)[C@@H]1O. The highest BCUT2D eigenvalue weighted by Gasteiger charge is 2.48. The van der Waals surface area contributed by atoms with Crippen molar-refractivity contribution < 1.29 is 45.6 Å². The van der Waals surface area contributed by atoms with Crippen LogP contribution in [0.3, 0.4) is 0 Å². The Balaban J connectivity index is 2.80. The molecule has 1 saturated heterocycles. The smallest absolute Gasteiger partial charge is 0.115 e. The van der Waals surface area contributed by atoms with Crippen LogP contribution in [-0.2, 0) is 4.74 Å². The first-order valence-corrected chi connectivity index (χ1v) is 5.80. The first kappa shape index (κ1) is 16.7. The molecule has 8 N–H and O–H groups in total. The third kappa shape index (κ3) is 3.40. The van der Waals surface area contributed by atoms with Crippen molar-refractivity contribution >= 4 is 0 Å². The average molecular weight is 284 g/mol. The lowest BCUT2D eigenvalue weighted by Crippen LogP contribution is -2.64. The van der Waals surface area contributed by atoms with Crippen LogP contribution in [0, 0.1) is 0 Å². The van der Waals surface area contributed by atoms with Crippen molar-refractivity contribution in [2.24, 2.45) is 0 Å². The summed E-state index contributed by atoms with van der Waals surface area (Å²) in [5, 5.41) is 74.7. The highest BCUT2D eigenvalue weighted by molar-refractivity contribution is 4.97. The molecule has 3 unspecified atom stereocenters. The van der Waals surface area contributed by atoms with Gasteiger partial charge in [0.15, 0.2) is 0 Å². The van der Waals surface area contributed by atoms with Crippen molar-refractivity contribution in [1.29, 1.82) is 0 Å². The Morgan fingerprint density at radius 3 is 1.95 bits per heavy atom. The van der Waals surface area contributed by atoms with Crippen LogP contribution in [0.15, 0.2) is 0 Å². The zero-order valence-electron chi connectivity index (χ0n) is 10.0. The zero-order valence-corrected chi connectivity index (χ0v) is 10.0. The molecule has 1 heterocycles. The van der Waals surface area contributed by atoms with E-state index in [1.165, 1.54) is 0 Å². The van der Waals surface area contributed by atoms with Crippen molar-refractivity contribution in [1.82, 2.24) is 0 Å². The van der Waals surface area contributed by atoms with Crippen LogP contribution in [0.25, 0.3) is 0 Å². The van der Waals surface area contributed by atoms with E-state index in [0.717, 1.165) is 0 Å². The number of rotatable bonds is 5. The Hall–Kier alpha value is -0.360. The summed E-state index contributed by atoms with van der Waals surface area (Å²) >= 11 is 0. The van der Waals surface area contributed by atoms with Gasteiger partial charge in [-0.15, -0.1) is 0 Å². The lowest BCUT2D eigenvalue weighted by Gasteiger charge is -2.43. The van der Waals surface area contributed by atoms with Gasteiger partial charge in [-0.3, -0.25) is 0 Å². The molecule has 0 radical (unpaired) electrons. The molecule has 0 bridgehead atoms. The highest BCUT2D eigenvalue weighted by atomic mass is 16.6. The van der Waals surface area contributed by atoms with Gasteiger partial charge >= 0.3 is 0 Å². The Labute approximate surface area is 108 Å². The molecular formula is C10H20O9. The summed E-state index contributed by atoms with van der Waals surface area (Å²) in [5.74, 6) is 0. The fourth-order valence-corrected chi connectivity index (χ4v) is 1.94. The third-order valence-corrected chi connectivity index (χ3v) is 3.20. The minimum Gasteiger partial charge on any atom is -0.394 e. The van der Waals surface area contributed by atoms with Gasteiger partial charge in [0.1, 0.15) is 48.8 Å². The van der Waals surface area contributed by atoms with Gasteiger partial charge in [-0.1, -0.05) is 0 Å². The molecule has 9 nitrogen and oxygen atoms in total. The number of hydrogen-bond acceptors (Lipinski definition) is 9. The Morgan fingerprint density at radius 2 is 1.47 bits per heavy atom. The number of ether oxygens (including phenoxy) is 1. The second kappa shape index (κ2) is 6.88. The average Bonchev–Trinajstić information content (AvgIpc) is 2.42. The predicted octanol–water partition coefficient (Wildman–Crippen LogP) is -5.10. The van der Waals surface area contributed by atoms with E-state index in [1.807, 2.05) is 0 Å². The van der Waals surface area contributed by atoms with Gasteiger partial charge in [-0.25, -0.2) is 0 Å². The molecule has 9 heteroatoms. The second-order valence-electron chi connectivity index (χ2n) is 4.52. The summed E-state index contributed by atoms with van der Waals surface area (Å²) in [4.78, 5) is 0. The van der Waals surface area contributed by atoms with Crippen molar-refractivity contribution in [3.8, 4) is 0 Å². The quantitative estimate of drug-likeness (QED) is 0.246. The fourth-order valence-electron chi connectivity index (χ4n) is 1.94. The van der Waals surface area contributed by atoms with Gasteiger partial charge in [-0.05, 0) is 0 Å². The molecule has 114 valence electrons. The Morgan fingerprint density at radius 1 is 0.895 bits per heavy atom. The van der Waals surface area contributed by atoms with Crippen LogP contribution in [0.2, 0.25) is 0 Å². The van der Waals surface area contributed by atoms with Gasteiger partial charge in [0.25, 0.3) is 0 Å². The lowest BCUT2D eigenvalue weighted by atomic mass is 9.89. The Kier molecular flexibility index (Phi) is 6.05. The maximum atomic E-state index is 9.75. The summed E-state index contributed by atoms with van der Waals surface area (Å²) in [6.07, 6.45) is -13.1. The molecule has 1 aliphatic heterocycles. The van der Waals surface area contributed by atoms with E-state index in [1.54, 1.807) is 0 Å². The molecule has 8 atom stereocenters. The first-order valence-electron chi connectivity index (χ1n) is 5.80. The van der Waals surface area contributed by atoms with Gasteiger partial charge in [0.05, 0.1) is 13.2 Å². The minimum atomic E-state index is -1.83. The van der Waals surface area contributed by atoms with Crippen LogP contribution >= 0.6 is 0 Å². The molecule has 0 saturated carbocycles. The lowest BCUT2D eigenvalue weighted by molar-refractivity contribution is -0.262. The summed E-state index contributed by atoms with van der Waals surface area (Å²) in [6, 6.07) is 0. The van der Waals surface area contributed by atoms with Crippen LogP contribution in [-0.4, -0.2) is 103 Å². The van der Waals surface area contributed by atoms with Crippen LogP contribution in [0.1, 0.15) is 0 Å².